The first-order valence-electron chi connectivity index (χ1n) is 4.59. The van der Waals surface area contributed by atoms with Crippen molar-refractivity contribution in [2.24, 2.45) is 0 Å². The van der Waals surface area contributed by atoms with Gasteiger partial charge < -0.3 is 10.6 Å². The highest BCUT2D eigenvalue weighted by atomic mass is 15.0. The fourth-order valence-electron chi connectivity index (χ4n) is 1.29. The minimum Gasteiger partial charge on any atom is -0.398 e. The van der Waals surface area contributed by atoms with Gasteiger partial charge in [0.2, 0.25) is 0 Å². The molecular formula is C11H18N2. The SMILES string of the molecule is Cc1ccc(CCN(C)C)c(N)c1. The molecule has 2 heteroatoms. The van der Waals surface area contributed by atoms with Gasteiger partial charge in [-0.2, -0.15) is 0 Å². The van der Waals surface area contributed by atoms with Gasteiger partial charge in [0.15, 0.2) is 0 Å². The van der Waals surface area contributed by atoms with E-state index in [0.717, 1.165) is 18.7 Å². The van der Waals surface area contributed by atoms with Gasteiger partial charge in [0, 0.05) is 12.2 Å². The van der Waals surface area contributed by atoms with Gasteiger partial charge in [0.25, 0.3) is 0 Å². The van der Waals surface area contributed by atoms with Crippen LogP contribution >= 0.6 is 0 Å². The van der Waals surface area contributed by atoms with Gasteiger partial charge in [-0.3, -0.25) is 0 Å². The van der Waals surface area contributed by atoms with Crippen LogP contribution in [-0.2, 0) is 6.42 Å². The van der Waals surface area contributed by atoms with Crippen molar-refractivity contribution in [1.82, 2.24) is 4.90 Å². The number of nitrogen functional groups attached to an aromatic ring is 1. The molecule has 1 aromatic rings. The summed E-state index contributed by atoms with van der Waals surface area (Å²) in [5.41, 5.74) is 9.28. The molecule has 0 fully saturated rings. The molecule has 1 rings (SSSR count). The second-order valence-corrected chi connectivity index (χ2v) is 3.76. The summed E-state index contributed by atoms with van der Waals surface area (Å²) in [6.07, 6.45) is 1.03. The topological polar surface area (TPSA) is 29.3 Å². The third-order valence-corrected chi connectivity index (χ3v) is 2.13. The number of hydrogen-bond donors (Lipinski definition) is 1. The van der Waals surface area contributed by atoms with E-state index in [2.05, 4.69) is 38.1 Å². The lowest BCUT2D eigenvalue weighted by Gasteiger charge is -2.11. The second-order valence-electron chi connectivity index (χ2n) is 3.76. The van der Waals surface area contributed by atoms with Crippen LogP contribution in [-0.4, -0.2) is 25.5 Å². The van der Waals surface area contributed by atoms with E-state index in [1.165, 1.54) is 11.1 Å². The van der Waals surface area contributed by atoms with Crippen LogP contribution < -0.4 is 5.73 Å². The molecule has 0 atom stereocenters. The van der Waals surface area contributed by atoms with Gasteiger partial charge in [-0.05, 0) is 44.6 Å². The van der Waals surface area contributed by atoms with Crippen LogP contribution in [0, 0.1) is 6.92 Å². The number of nitrogens with two attached hydrogens (primary N) is 1. The Morgan fingerprint density at radius 1 is 1.31 bits per heavy atom. The van der Waals surface area contributed by atoms with Gasteiger partial charge in [-0.25, -0.2) is 0 Å². The molecule has 0 saturated heterocycles. The van der Waals surface area contributed by atoms with Crippen LogP contribution in [0.1, 0.15) is 11.1 Å². The molecule has 0 radical (unpaired) electrons. The van der Waals surface area contributed by atoms with Crippen LogP contribution in [0.4, 0.5) is 5.69 Å². The number of benzene rings is 1. The van der Waals surface area contributed by atoms with Crippen molar-refractivity contribution in [3.63, 3.8) is 0 Å². The van der Waals surface area contributed by atoms with Crippen molar-refractivity contribution >= 4 is 5.69 Å². The Bertz CT molecular complexity index is 279. The number of rotatable bonds is 3. The van der Waals surface area contributed by atoms with E-state index >= 15 is 0 Å². The van der Waals surface area contributed by atoms with Crippen LogP contribution in [0.2, 0.25) is 0 Å². The average molecular weight is 178 g/mol. The lowest BCUT2D eigenvalue weighted by atomic mass is 10.1. The molecule has 0 unspecified atom stereocenters. The standard InChI is InChI=1S/C11H18N2/c1-9-4-5-10(11(12)8-9)6-7-13(2)3/h4-5,8H,6-7,12H2,1-3H3. The number of aryl methyl sites for hydroxylation is 1. The summed E-state index contributed by atoms with van der Waals surface area (Å²) in [7, 11) is 4.15. The van der Waals surface area contributed by atoms with Crippen LogP contribution in [0.15, 0.2) is 18.2 Å². The molecule has 0 heterocycles. The van der Waals surface area contributed by atoms with Crippen molar-refractivity contribution in [3.05, 3.63) is 29.3 Å². The Balaban J connectivity index is 2.67. The van der Waals surface area contributed by atoms with Crippen molar-refractivity contribution in [1.29, 1.82) is 0 Å². The maximum Gasteiger partial charge on any atom is 0.0349 e. The summed E-state index contributed by atoms with van der Waals surface area (Å²) in [6.45, 7) is 3.11. The molecule has 13 heavy (non-hydrogen) atoms. The summed E-state index contributed by atoms with van der Waals surface area (Å²) < 4.78 is 0. The van der Waals surface area contributed by atoms with E-state index in [1.54, 1.807) is 0 Å². The molecule has 1 aromatic carbocycles. The van der Waals surface area contributed by atoms with E-state index < -0.39 is 0 Å². The summed E-state index contributed by atoms with van der Waals surface area (Å²) >= 11 is 0. The van der Waals surface area contributed by atoms with Gasteiger partial charge in [-0.15, -0.1) is 0 Å². The monoisotopic (exact) mass is 178 g/mol. The van der Waals surface area contributed by atoms with Crippen molar-refractivity contribution in [2.45, 2.75) is 13.3 Å². The molecule has 0 saturated carbocycles. The number of likely N-dealkylation sites (N-methyl/N-ethyl adjacent to an activating group) is 1. The first-order valence-corrected chi connectivity index (χ1v) is 4.59. The number of nitrogens with zero attached hydrogens (tertiary/aromatic N) is 1. The zero-order valence-corrected chi connectivity index (χ0v) is 8.67. The smallest absolute Gasteiger partial charge is 0.0349 e. The molecule has 0 spiro atoms. The molecule has 72 valence electrons. The Morgan fingerprint density at radius 2 is 2.00 bits per heavy atom. The summed E-state index contributed by atoms with van der Waals surface area (Å²) in [6, 6.07) is 6.26. The largest absolute Gasteiger partial charge is 0.398 e. The molecule has 0 aromatic heterocycles. The Hall–Kier alpha value is -1.02. The molecule has 0 aliphatic heterocycles. The van der Waals surface area contributed by atoms with Gasteiger partial charge in [0.05, 0.1) is 0 Å². The minimum atomic E-state index is 0.918. The zero-order valence-electron chi connectivity index (χ0n) is 8.67. The highest BCUT2D eigenvalue weighted by Gasteiger charge is 1.99. The van der Waals surface area contributed by atoms with Crippen molar-refractivity contribution < 1.29 is 0 Å². The highest BCUT2D eigenvalue weighted by Crippen LogP contribution is 2.14. The summed E-state index contributed by atoms with van der Waals surface area (Å²) in [5.74, 6) is 0. The molecule has 2 nitrogen and oxygen atoms in total. The van der Waals surface area contributed by atoms with E-state index in [4.69, 9.17) is 5.73 Å². The molecular weight excluding hydrogens is 160 g/mol. The predicted octanol–water partition coefficient (Wildman–Crippen LogP) is 1.68. The Labute approximate surface area is 80.4 Å². The quantitative estimate of drug-likeness (QED) is 0.714. The molecule has 0 aliphatic rings. The van der Waals surface area contributed by atoms with Gasteiger partial charge >= 0.3 is 0 Å². The van der Waals surface area contributed by atoms with Crippen LogP contribution in [0.5, 0.6) is 0 Å². The number of anilines is 1. The fraction of sp³-hybridized carbons (Fsp3) is 0.455. The second kappa shape index (κ2) is 4.28. The van der Waals surface area contributed by atoms with Gasteiger partial charge in [0.1, 0.15) is 0 Å². The van der Waals surface area contributed by atoms with E-state index in [9.17, 15) is 0 Å². The average Bonchev–Trinajstić information content (AvgIpc) is 2.02. The maximum atomic E-state index is 5.89. The molecule has 0 aliphatic carbocycles. The molecule has 2 N–H and O–H groups in total. The lowest BCUT2D eigenvalue weighted by molar-refractivity contribution is 0.414. The lowest BCUT2D eigenvalue weighted by Crippen LogP contribution is -2.15. The van der Waals surface area contributed by atoms with Crippen molar-refractivity contribution in [3.8, 4) is 0 Å². The fourth-order valence-corrected chi connectivity index (χ4v) is 1.29. The molecule has 0 bridgehead atoms. The van der Waals surface area contributed by atoms with Crippen LogP contribution in [0.3, 0.4) is 0 Å². The normalized spacial score (nSPS) is 10.8. The first kappa shape index (κ1) is 10.1. The highest BCUT2D eigenvalue weighted by molar-refractivity contribution is 5.49. The predicted molar refractivity (Wildman–Crippen MR) is 57.8 cm³/mol. The third-order valence-electron chi connectivity index (χ3n) is 2.13. The van der Waals surface area contributed by atoms with Gasteiger partial charge in [-0.1, -0.05) is 12.1 Å². The molecule has 0 amide bonds. The Kier molecular flexibility index (Phi) is 3.32. The van der Waals surface area contributed by atoms with E-state index in [-0.39, 0.29) is 0 Å². The van der Waals surface area contributed by atoms with E-state index in [0.29, 0.717) is 0 Å². The number of hydrogen-bond acceptors (Lipinski definition) is 2. The van der Waals surface area contributed by atoms with E-state index in [1.807, 2.05) is 6.07 Å². The first-order chi connectivity index (χ1) is 6.09. The Morgan fingerprint density at radius 3 is 2.54 bits per heavy atom. The minimum absolute atomic E-state index is 0.918. The summed E-state index contributed by atoms with van der Waals surface area (Å²) in [4.78, 5) is 2.17. The van der Waals surface area contributed by atoms with Crippen molar-refractivity contribution in [2.75, 3.05) is 26.4 Å². The summed E-state index contributed by atoms with van der Waals surface area (Å²) in [5, 5.41) is 0. The third kappa shape index (κ3) is 3.07. The maximum absolute atomic E-state index is 5.89. The van der Waals surface area contributed by atoms with Crippen LogP contribution in [0.25, 0.3) is 0 Å². The zero-order chi connectivity index (χ0) is 9.84.